The van der Waals surface area contributed by atoms with E-state index in [1.807, 2.05) is 0 Å². The van der Waals surface area contributed by atoms with Gasteiger partial charge in [-0.15, -0.1) is 0 Å². The quantitative estimate of drug-likeness (QED) is 0.307. The predicted molar refractivity (Wildman–Crippen MR) is 125 cm³/mol. The summed E-state index contributed by atoms with van der Waals surface area (Å²) in [6.45, 7) is 0. The van der Waals surface area contributed by atoms with Gasteiger partial charge in [-0.05, 0) is 37.1 Å². The highest BCUT2D eigenvalue weighted by Gasteiger charge is 2.24. The number of carbonyl (C=O) groups is 1. The van der Waals surface area contributed by atoms with E-state index in [-0.39, 0.29) is 41.8 Å². The molecule has 1 fully saturated rings. The van der Waals surface area contributed by atoms with E-state index < -0.39 is 16.1 Å². The fourth-order valence-corrected chi connectivity index (χ4v) is 5.64. The van der Waals surface area contributed by atoms with Crippen LogP contribution in [0.3, 0.4) is 0 Å². The maximum Gasteiger partial charge on any atom is 0.417 e. The Hall–Kier alpha value is -0.930. The second-order valence-electron chi connectivity index (χ2n) is 6.89. The first-order chi connectivity index (χ1) is 14.6. The maximum absolute atomic E-state index is 12.6. The van der Waals surface area contributed by atoms with Crippen molar-refractivity contribution in [2.75, 3.05) is 5.32 Å². The lowest BCUT2D eigenvalue weighted by atomic mass is 9.96. The summed E-state index contributed by atoms with van der Waals surface area (Å²) < 4.78 is 33.0. The van der Waals surface area contributed by atoms with Gasteiger partial charge in [-0.1, -0.05) is 77.3 Å². The number of halogens is 5. The Bertz CT molecular complexity index is 1060. The summed E-state index contributed by atoms with van der Waals surface area (Å²) in [5, 5.41) is 1.81. The van der Waals surface area contributed by atoms with E-state index in [0.29, 0.717) is 5.69 Å². The molecule has 0 unspecified atom stereocenters. The summed E-state index contributed by atoms with van der Waals surface area (Å²) in [6.07, 6.45) is 3.86. The molecule has 2 aromatic rings. The molecule has 168 valence electrons. The SMILES string of the molecule is O=C(Nc1ccc(S(=O)(=O)NC2CCCCC2)cc1)Oc1c(Cl)c(Cl)c(Cl)c(Cl)c1Cl. The first kappa shape index (κ1) is 24.7. The summed E-state index contributed by atoms with van der Waals surface area (Å²) in [6, 6.07) is 5.58. The van der Waals surface area contributed by atoms with Gasteiger partial charge in [-0.2, -0.15) is 0 Å². The Morgan fingerprint density at radius 1 is 0.839 bits per heavy atom. The smallest absolute Gasteiger partial charge is 0.407 e. The van der Waals surface area contributed by atoms with Crippen LogP contribution in [0.2, 0.25) is 25.1 Å². The number of sulfonamides is 1. The minimum Gasteiger partial charge on any atom is -0.407 e. The molecular weight excluding hydrogens is 530 g/mol. The van der Waals surface area contributed by atoms with Crippen LogP contribution in [0.5, 0.6) is 5.75 Å². The van der Waals surface area contributed by atoms with E-state index in [2.05, 4.69) is 10.0 Å². The Labute approximate surface area is 205 Å². The number of hydrogen-bond donors (Lipinski definition) is 2. The molecule has 0 saturated heterocycles. The van der Waals surface area contributed by atoms with E-state index in [0.717, 1.165) is 32.1 Å². The third kappa shape index (κ3) is 5.90. The molecular formula is C19H17Cl5N2O4S. The highest BCUT2D eigenvalue weighted by molar-refractivity contribution is 7.89. The average molecular weight is 547 g/mol. The highest BCUT2D eigenvalue weighted by atomic mass is 35.5. The second kappa shape index (κ2) is 10.3. The average Bonchev–Trinajstić information content (AvgIpc) is 2.75. The van der Waals surface area contributed by atoms with Crippen LogP contribution < -0.4 is 14.8 Å². The molecule has 3 rings (SSSR count). The van der Waals surface area contributed by atoms with Gasteiger partial charge in [0.25, 0.3) is 0 Å². The topological polar surface area (TPSA) is 84.5 Å². The van der Waals surface area contributed by atoms with Crippen LogP contribution in [0.4, 0.5) is 10.5 Å². The number of anilines is 1. The fourth-order valence-electron chi connectivity index (χ4n) is 3.14. The van der Waals surface area contributed by atoms with Crippen molar-refractivity contribution in [2.24, 2.45) is 0 Å². The van der Waals surface area contributed by atoms with Crippen LogP contribution in [0, 0.1) is 0 Å². The largest absolute Gasteiger partial charge is 0.417 e. The molecule has 1 aliphatic carbocycles. The van der Waals surface area contributed by atoms with Gasteiger partial charge in [-0.25, -0.2) is 17.9 Å². The zero-order valence-electron chi connectivity index (χ0n) is 15.9. The fraction of sp³-hybridized carbons (Fsp3) is 0.316. The van der Waals surface area contributed by atoms with Crippen molar-refractivity contribution in [1.82, 2.24) is 4.72 Å². The molecule has 31 heavy (non-hydrogen) atoms. The molecule has 1 amide bonds. The van der Waals surface area contributed by atoms with Gasteiger partial charge in [0.1, 0.15) is 10.0 Å². The Morgan fingerprint density at radius 2 is 1.35 bits per heavy atom. The lowest BCUT2D eigenvalue weighted by Crippen LogP contribution is -2.36. The Balaban J connectivity index is 1.68. The van der Waals surface area contributed by atoms with E-state index >= 15 is 0 Å². The van der Waals surface area contributed by atoms with Crippen molar-refractivity contribution in [2.45, 2.75) is 43.0 Å². The number of hydrogen-bond acceptors (Lipinski definition) is 4. The molecule has 2 aromatic carbocycles. The molecule has 0 radical (unpaired) electrons. The van der Waals surface area contributed by atoms with Crippen molar-refractivity contribution in [3.8, 4) is 5.75 Å². The molecule has 0 aliphatic heterocycles. The Kier molecular flexibility index (Phi) is 8.24. The molecule has 0 bridgehead atoms. The summed E-state index contributed by atoms with van der Waals surface area (Å²) >= 11 is 29.9. The van der Waals surface area contributed by atoms with E-state index in [9.17, 15) is 13.2 Å². The number of nitrogens with one attached hydrogen (secondary N) is 2. The monoisotopic (exact) mass is 544 g/mol. The highest BCUT2D eigenvalue weighted by Crippen LogP contribution is 2.48. The van der Waals surface area contributed by atoms with E-state index in [1.54, 1.807) is 0 Å². The molecule has 1 saturated carbocycles. The number of ether oxygens (including phenoxy) is 1. The zero-order chi connectivity index (χ0) is 22.8. The maximum atomic E-state index is 12.6. The predicted octanol–water partition coefficient (Wildman–Crippen LogP) is 7.18. The van der Waals surface area contributed by atoms with Crippen LogP contribution in [0.25, 0.3) is 0 Å². The first-order valence-electron chi connectivity index (χ1n) is 9.23. The lowest BCUT2D eigenvalue weighted by Gasteiger charge is -2.22. The molecule has 0 atom stereocenters. The second-order valence-corrected chi connectivity index (χ2v) is 10.5. The minimum absolute atomic E-state index is 0.0564. The lowest BCUT2D eigenvalue weighted by molar-refractivity contribution is 0.215. The summed E-state index contributed by atoms with van der Waals surface area (Å²) in [5.41, 5.74) is 0.292. The molecule has 0 aromatic heterocycles. The molecule has 0 spiro atoms. The number of carbonyl (C=O) groups excluding carboxylic acids is 1. The van der Waals surface area contributed by atoms with Crippen molar-refractivity contribution < 1.29 is 17.9 Å². The van der Waals surface area contributed by atoms with Crippen LogP contribution in [-0.4, -0.2) is 20.6 Å². The van der Waals surface area contributed by atoms with Gasteiger partial charge in [-0.3, -0.25) is 5.32 Å². The van der Waals surface area contributed by atoms with Crippen LogP contribution >= 0.6 is 58.0 Å². The van der Waals surface area contributed by atoms with Crippen LogP contribution in [0.15, 0.2) is 29.2 Å². The first-order valence-corrected chi connectivity index (χ1v) is 12.6. The zero-order valence-corrected chi connectivity index (χ0v) is 20.4. The third-order valence-corrected chi connectivity index (χ3v) is 8.48. The van der Waals surface area contributed by atoms with Gasteiger partial charge in [0.05, 0.1) is 20.0 Å². The van der Waals surface area contributed by atoms with Crippen molar-refractivity contribution >= 4 is 79.8 Å². The molecule has 2 N–H and O–H groups in total. The van der Waals surface area contributed by atoms with Crippen molar-refractivity contribution in [3.63, 3.8) is 0 Å². The normalized spacial score (nSPS) is 15.0. The van der Waals surface area contributed by atoms with Crippen molar-refractivity contribution in [1.29, 1.82) is 0 Å². The minimum atomic E-state index is -3.65. The number of benzene rings is 2. The summed E-state index contributed by atoms with van der Waals surface area (Å²) in [4.78, 5) is 12.3. The molecule has 12 heteroatoms. The molecule has 6 nitrogen and oxygen atoms in total. The van der Waals surface area contributed by atoms with E-state index in [4.69, 9.17) is 62.7 Å². The molecule has 0 heterocycles. The van der Waals surface area contributed by atoms with Gasteiger partial charge in [0.15, 0.2) is 5.75 Å². The molecule has 1 aliphatic rings. The third-order valence-electron chi connectivity index (χ3n) is 4.70. The van der Waals surface area contributed by atoms with Gasteiger partial charge in [0, 0.05) is 11.7 Å². The van der Waals surface area contributed by atoms with E-state index in [1.165, 1.54) is 24.3 Å². The summed E-state index contributed by atoms with van der Waals surface area (Å²) in [7, 11) is -3.65. The standard InChI is InChI=1S/C19H17Cl5N2O4S/c20-13-14(21)16(23)18(17(24)15(13)22)30-19(27)25-10-6-8-12(9-7-10)31(28,29)26-11-4-2-1-3-5-11/h6-9,11,26H,1-5H2,(H,25,27). The van der Waals surface area contributed by atoms with Crippen LogP contribution in [-0.2, 0) is 10.0 Å². The van der Waals surface area contributed by atoms with Gasteiger partial charge >= 0.3 is 6.09 Å². The summed E-state index contributed by atoms with van der Waals surface area (Å²) in [5.74, 6) is -0.254. The van der Waals surface area contributed by atoms with Gasteiger partial charge in [0.2, 0.25) is 10.0 Å². The van der Waals surface area contributed by atoms with Crippen LogP contribution in [0.1, 0.15) is 32.1 Å². The van der Waals surface area contributed by atoms with Gasteiger partial charge < -0.3 is 4.74 Å². The number of amides is 1. The van der Waals surface area contributed by atoms with Crippen molar-refractivity contribution in [3.05, 3.63) is 49.4 Å². The Morgan fingerprint density at radius 3 is 1.90 bits per heavy atom. The number of rotatable bonds is 5.